The van der Waals surface area contributed by atoms with Crippen molar-refractivity contribution in [3.05, 3.63) is 48.1 Å². The minimum atomic E-state index is -0.306. The van der Waals surface area contributed by atoms with E-state index >= 15 is 0 Å². The fourth-order valence-corrected chi connectivity index (χ4v) is 6.96. The van der Waals surface area contributed by atoms with Crippen LogP contribution in [0.15, 0.2) is 47.0 Å². The van der Waals surface area contributed by atoms with E-state index in [2.05, 4.69) is 29.1 Å². The van der Waals surface area contributed by atoms with Crippen LogP contribution in [0.4, 0.5) is 0 Å². The molecule has 1 aromatic rings. The standard InChI is InChI=1S/C23H28N2O3/c26-23(14-7-8-27-12-14)28-22-6-5-17-16-2-1-13-10-21-15(11-24-25-21)9-20(13)18(16)3-4-19(17)22/h3-4,6-8,12-13,15-21,24-25H,1-2,5,9-11H2. The van der Waals surface area contributed by atoms with E-state index in [0.29, 0.717) is 23.4 Å². The quantitative estimate of drug-likeness (QED) is 0.605. The van der Waals surface area contributed by atoms with Crippen molar-refractivity contribution < 1.29 is 13.9 Å². The molecule has 5 aliphatic rings. The molecule has 0 aromatic carbocycles. The Hall–Kier alpha value is -1.85. The molecule has 8 unspecified atom stereocenters. The Bertz CT molecular complexity index is 814. The summed E-state index contributed by atoms with van der Waals surface area (Å²) >= 11 is 0. The molecular formula is C23H28N2O3. The predicted molar refractivity (Wildman–Crippen MR) is 104 cm³/mol. The molecule has 8 atom stereocenters. The minimum Gasteiger partial charge on any atom is -0.472 e. The largest absolute Gasteiger partial charge is 0.472 e. The molecule has 2 heterocycles. The molecule has 0 radical (unpaired) electrons. The first kappa shape index (κ1) is 17.0. The van der Waals surface area contributed by atoms with Crippen LogP contribution in [0.25, 0.3) is 0 Å². The second-order valence-corrected chi connectivity index (χ2v) is 9.42. The molecule has 4 aliphatic carbocycles. The summed E-state index contributed by atoms with van der Waals surface area (Å²) in [5, 5.41) is 0. The Kier molecular flexibility index (Phi) is 4.02. The number of ether oxygens (including phenoxy) is 1. The smallest absolute Gasteiger partial charge is 0.346 e. The van der Waals surface area contributed by atoms with E-state index in [1.165, 1.54) is 38.2 Å². The van der Waals surface area contributed by atoms with Gasteiger partial charge < -0.3 is 9.15 Å². The highest BCUT2D eigenvalue weighted by molar-refractivity contribution is 5.89. The third-order valence-electron chi connectivity index (χ3n) is 8.26. The van der Waals surface area contributed by atoms with Crippen LogP contribution in [0.2, 0.25) is 0 Å². The van der Waals surface area contributed by atoms with E-state index in [-0.39, 0.29) is 11.9 Å². The summed E-state index contributed by atoms with van der Waals surface area (Å²) < 4.78 is 10.8. The van der Waals surface area contributed by atoms with Crippen LogP contribution in [-0.2, 0) is 4.74 Å². The predicted octanol–water partition coefficient (Wildman–Crippen LogP) is 3.67. The second kappa shape index (κ2) is 6.60. The molecule has 5 heteroatoms. The van der Waals surface area contributed by atoms with Crippen LogP contribution in [0.3, 0.4) is 0 Å². The van der Waals surface area contributed by atoms with Gasteiger partial charge in [0.25, 0.3) is 0 Å². The number of nitrogens with one attached hydrogen (secondary N) is 2. The van der Waals surface area contributed by atoms with E-state index in [1.807, 2.05) is 0 Å². The molecule has 148 valence electrons. The Morgan fingerprint density at radius 2 is 2.07 bits per heavy atom. The van der Waals surface area contributed by atoms with Crippen molar-refractivity contribution in [1.82, 2.24) is 10.9 Å². The summed E-state index contributed by atoms with van der Waals surface area (Å²) in [5.41, 5.74) is 7.38. The normalized spacial score (nSPS) is 43.5. The van der Waals surface area contributed by atoms with E-state index in [0.717, 1.165) is 42.4 Å². The van der Waals surface area contributed by atoms with Crippen LogP contribution in [-0.4, -0.2) is 18.6 Å². The second-order valence-electron chi connectivity index (χ2n) is 9.42. The summed E-state index contributed by atoms with van der Waals surface area (Å²) in [4.78, 5) is 12.4. The summed E-state index contributed by atoms with van der Waals surface area (Å²) in [5.74, 6) is 5.33. The fourth-order valence-electron chi connectivity index (χ4n) is 6.96. The molecule has 1 aliphatic heterocycles. The molecule has 3 fully saturated rings. The zero-order valence-corrected chi connectivity index (χ0v) is 16.1. The van der Waals surface area contributed by atoms with Crippen LogP contribution in [0.5, 0.6) is 0 Å². The van der Waals surface area contributed by atoms with Crippen LogP contribution < -0.4 is 10.9 Å². The number of carbonyl (C=O) groups is 1. The number of furan rings is 1. The molecule has 2 saturated carbocycles. The topological polar surface area (TPSA) is 63.5 Å². The number of fused-ring (bicyclic) bond motifs is 6. The van der Waals surface area contributed by atoms with Crippen molar-refractivity contribution in [3.63, 3.8) is 0 Å². The molecule has 1 saturated heterocycles. The Morgan fingerprint density at radius 3 is 2.96 bits per heavy atom. The Balaban J connectivity index is 1.19. The number of carbonyl (C=O) groups excluding carboxylic acids is 1. The van der Waals surface area contributed by atoms with E-state index in [4.69, 9.17) is 9.15 Å². The number of esters is 1. The van der Waals surface area contributed by atoms with E-state index < -0.39 is 0 Å². The maximum absolute atomic E-state index is 12.4. The number of hydrogen-bond donors (Lipinski definition) is 2. The van der Waals surface area contributed by atoms with Gasteiger partial charge in [0.05, 0.1) is 11.8 Å². The van der Waals surface area contributed by atoms with Crippen molar-refractivity contribution >= 4 is 5.97 Å². The van der Waals surface area contributed by atoms with Gasteiger partial charge in [0.2, 0.25) is 0 Å². The van der Waals surface area contributed by atoms with E-state index in [9.17, 15) is 4.79 Å². The highest BCUT2D eigenvalue weighted by Gasteiger charge is 2.51. The van der Waals surface area contributed by atoms with Crippen LogP contribution >= 0.6 is 0 Å². The Morgan fingerprint density at radius 1 is 1.11 bits per heavy atom. The van der Waals surface area contributed by atoms with Gasteiger partial charge in [0.1, 0.15) is 12.0 Å². The van der Waals surface area contributed by atoms with Crippen molar-refractivity contribution in [2.75, 3.05) is 6.54 Å². The fraction of sp³-hybridized carbons (Fsp3) is 0.609. The summed E-state index contributed by atoms with van der Waals surface area (Å²) in [6.07, 6.45) is 16.4. The Labute approximate surface area is 165 Å². The maximum Gasteiger partial charge on any atom is 0.346 e. The molecule has 6 rings (SSSR count). The highest BCUT2D eigenvalue weighted by atomic mass is 16.5. The molecule has 1 aromatic heterocycles. The lowest BCUT2D eigenvalue weighted by molar-refractivity contribution is 0.0148. The summed E-state index contributed by atoms with van der Waals surface area (Å²) in [7, 11) is 0. The molecule has 0 amide bonds. The molecule has 2 N–H and O–H groups in total. The van der Waals surface area contributed by atoms with Gasteiger partial charge in [-0.2, -0.15) is 0 Å². The zero-order valence-electron chi connectivity index (χ0n) is 16.1. The third-order valence-corrected chi connectivity index (χ3v) is 8.26. The zero-order chi connectivity index (χ0) is 18.7. The molecule has 5 nitrogen and oxygen atoms in total. The number of hydrazine groups is 1. The van der Waals surface area contributed by atoms with Crippen molar-refractivity contribution in [2.45, 2.75) is 38.1 Å². The van der Waals surface area contributed by atoms with Crippen molar-refractivity contribution in [3.8, 4) is 0 Å². The average molecular weight is 380 g/mol. The van der Waals surface area contributed by atoms with Gasteiger partial charge in [0.15, 0.2) is 0 Å². The van der Waals surface area contributed by atoms with Gasteiger partial charge in [-0.05, 0) is 79.8 Å². The molecule has 0 bridgehead atoms. The van der Waals surface area contributed by atoms with E-state index in [1.54, 1.807) is 6.07 Å². The molecule has 28 heavy (non-hydrogen) atoms. The first-order valence-corrected chi connectivity index (χ1v) is 10.9. The van der Waals surface area contributed by atoms with Crippen molar-refractivity contribution in [1.29, 1.82) is 0 Å². The third kappa shape index (κ3) is 2.63. The number of hydrogen-bond acceptors (Lipinski definition) is 5. The number of rotatable bonds is 2. The molecular weight excluding hydrogens is 352 g/mol. The van der Waals surface area contributed by atoms with Gasteiger partial charge in [0, 0.05) is 18.5 Å². The SMILES string of the molecule is O=C(OC1=CCC2C1C=CC1C3CC4CNNC4CC3CCC12)c1ccoc1. The monoisotopic (exact) mass is 380 g/mol. The lowest BCUT2D eigenvalue weighted by Crippen LogP contribution is -2.47. The van der Waals surface area contributed by atoms with Crippen LogP contribution in [0, 0.1) is 41.4 Å². The van der Waals surface area contributed by atoms with Crippen molar-refractivity contribution in [2.24, 2.45) is 41.4 Å². The van der Waals surface area contributed by atoms with Gasteiger partial charge in [-0.25, -0.2) is 4.79 Å². The van der Waals surface area contributed by atoms with Crippen LogP contribution in [0.1, 0.15) is 42.5 Å². The maximum atomic E-state index is 12.4. The summed E-state index contributed by atoms with van der Waals surface area (Å²) in [6, 6.07) is 2.34. The lowest BCUT2D eigenvalue weighted by Gasteiger charge is -2.51. The van der Waals surface area contributed by atoms with Gasteiger partial charge >= 0.3 is 5.97 Å². The molecule has 0 spiro atoms. The lowest BCUT2D eigenvalue weighted by atomic mass is 9.54. The highest BCUT2D eigenvalue weighted by Crippen LogP contribution is 2.56. The van der Waals surface area contributed by atoms with Gasteiger partial charge in [-0.3, -0.25) is 10.9 Å². The van der Waals surface area contributed by atoms with Gasteiger partial charge in [-0.15, -0.1) is 0 Å². The number of allylic oxidation sites excluding steroid dienone is 3. The minimum absolute atomic E-state index is 0.264. The first-order valence-electron chi connectivity index (χ1n) is 10.9. The average Bonchev–Trinajstić information content (AvgIpc) is 3.46. The van der Waals surface area contributed by atoms with Gasteiger partial charge in [-0.1, -0.05) is 12.2 Å². The first-order chi connectivity index (χ1) is 13.8. The summed E-state index contributed by atoms with van der Waals surface area (Å²) in [6.45, 7) is 1.12.